The molecule has 1 saturated carbocycles. The van der Waals surface area contributed by atoms with E-state index in [9.17, 15) is 22.6 Å². The van der Waals surface area contributed by atoms with Crippen molar-refractivity contribution in [2.45, 2.75) is 83.1 Å². The minimum atomic E-state index is -4.01. The zero-order chi connectivity index (χ0) is 29.7. The van der Waals surface area contributed by atoms with E-state index in [-0.39, 0.29) is 30.0 Å². The van der Waals surface area contributed by atoms with Gasteiger partial charge in [0.15, 0.2) is 32.5 Å². The predicted octanol–water partition coefficient (Wildman–Crippen LogP) is 4.53. The van der Waals surface area contributed by atoms with Gasteiger partial charge in [-0.3, -0.25) is 4.57 Å². The van der Waals surface area contributed by atoms with Gasteiger partial charge in [-0.2, -0.15) is 5.26 Å². The summed E-state index contributed by atoms with van der Waals surface area (Å²) in [5.74, 6) is -1.55. The van der Waals surface area contributed by atoms with Crippen LogP contribution >= 0.6 is 19.2 Å². The second kappa shape index (κ2) is 11.4. The normalized spacial score (nSPS) is 29.3. The van der Waals surface area contributed by atoms with Gasteiger partial charge in [-0.05, 0) is 46.6 Å². The molecular weight excluding hydrogens is 602 g/mol. The lowest BCUT2D eigenvalue weighted by Gasteiger charge is -2.31. The van der Waals surface area contributed by atoms with Crippen LogP contribution < -0.4 is 5.32 Å². The van der Waals surface area contributed by atoms with E-state index < -0.39 is 65.2 Å². The number of rotatable bonds is 11. The van der Waals surface area contributed by atoms with Gasteiger partial charge < -0.3 is 33.1 Å². The number of alkyl halides is 1. The Morgan fingerprint density at radius 2 is 1.93 bits per heavy atom. The van der Waals surface area contributed by atoms with Crippen molar-refractivity contribution in [1.29, 1.82) is 5.26 Å². The van der Waals surface area contributed by atoms with E-state index in [0.717, 1.165) is 0 Å². The fourth-order valence-electron chi connectivity index (χ4n) is 5.53. The van der Waals surface area contributed by atoms with Crippen molar-refractivity contribution >= 4 is 45.8 Å². The second-order valence-corrected chi connectivity index (χ2v) is 15.7. The summed E-state index contributed by atoms with van der Waals surface area (Å²) in [7, 11) is -7.89. The molecule has 1 aliphatic carbocycles. The lowest BCUT2D eigenvalue weighted by Crippen LogP contribution is -2.36. The van der Waals surface area contributed by atoms with Crippen molar-refractivity contribution in [3.63, 3.8) is 0 Å². The molecule has 0 unspecified atom stereocenters. The van der Waals surface area contributed by atoms with Crippen LogP contribution in [-0.2, 0) is 37.7 Å². The van der Waals surface area contributed by atoms with Crippen LogP contribution in [0.5, 0.6) is 0 Å². The highest BCUT2D eigenvalue weighted by atomic mass is 35.5. The maximum atomic E-state index is 13.5. The van der Waals surface area contributed by atoms with Crippen LogP contribution in [0.3, 0.4) is 0 Å². The molecule has 0 bridgehead atoms. The van der Waals surface area contributed by atoms with Crippen LogP contribution in [0.15, 0.2) is 12.3 Å². The molecule has 2 aromatic heterocycles. The summed E-state index contributed by atoms with van der Waals surface area (Å²) in [5, 5.41) is 13.5. The van der Waals surface area contributed by atoms with Crippen molar-refractivity contribution in [3.05, 3.63) is 23.0 Å². The summed E-state index contributed by atoms with van der Waals surface area (Å²) in [5.41, 5.74) is 0.149. The van der Waals surface area contributed by atoms with Crippen molar-refractivity contribution in [2.24, 2.45) is 0 Å². The smallest absolute Gasteiger partial charge is 0.345 e. The molecule has 5 rings (SSSR count). The molecule has 4 atom stereocenters. The van der Waals surface area contributed by atoms with E-state index in [2.05, 4.69) is 16.4 Å². The van der Waals surface area contributed by atoms with E-state index >= 15 is 0 Å². The first-order valence-corrected chi connectivity index (χ1v) is 17.3. The monoisotopic (exact) mass is 634 g/mol. The Morgan fingerprint density at radius 1 is 1.27 bits per heavy atom. The van der Waals surface area contributed by atoms with E-state index in [1.165, 1.54) is 0 Å². The van der Waals surface area contributed by atoms with Gasteiger partial charge >= 0.3 is 7.60 Å². The number of nitrogens with zero attached hydrogens (tertiary/aromatic N) is 3. The molecule has 12 nitrogen and oxygen atoms in total. The summed E-state index contributed by atoms with van der Waals surface area (Å²) >= 11 is 6.42. The first kappa shape index (κ1) is 30.6. The first-order valence-electron chi connectivity index (χ1n) is 13.4. The Kier molecular flexibility index (Phi) is 8.48. The molecule has 41 heavy (non-hydrogen) atoms. The number of ether oxygens (including phenoxy) is 3. The number of anilines is 1. The number of pyridine rings is 1. The Bertz CT molecular complexity index is 1500. The molecule has 0 spiro atoms. The Balaban J connectivity index is 1.47. The zero-order valence-corrected chi connectivity index (χ0v) is 25.5. The lowest BCUT2D eigenvalue weighted by atomic mass is 9.90. The number of hydrogen-bond acceptors (Lipinski definition) is 11. The molecule has 226 valence electrons. The van der Waals surface area contributed by atoms with E-state index in [1.807, 2.05) is 0 Å². The van der Waals surface area contributed by atoms with Crippen LogP contribution in [-0.4, -0.2) is 78.7 Å². The Morgan fingerprint density at radius 3 is 2.54 bits per heavy atom. The summed E-state index contributed by atoms with van der Waals surface area (Å²) < 4.78 is 83.4. The first-order chi connectivity index (χ1) is 19.3. The molecule has 0 aromatic carbocycles. The second-order valence-electron chi connectivity index (χ2n) is 10.8. The fraction of sp³-hybridized carbons (Fsp3) is 0.680. The molecule has 3 aliphatic rings. The van der Waals surface area contributed by atoms with Crippen molar-refractivity contribution in [1.82, 2.24) is 9.55 Å². The van der Waals surface area contributed by atoms with Gasteiger partial charge in [0.05, 0.1) is 24.7 Å². The predicted molar refractivity (Wildman–Crippen MR) is 148 cm³/mol. The molecular formula is C25H33ClFN4O8PS. The number of hydrogen-bond donors (Lipinski definition) is 1. The van der Waals surface area contributed by atoms with Crippen molar-refractivity contribution in [3.8, 4) is 6.07 Å². The van der Waals surface area contributed by atoms with Gasteiger partial charge in [0, 0.05) is 17.6 Å². The van der Waals surface area contributed by atoms with Crippen molar-refractivity contribution < 1.29 is 40.6 Å². The summed E-state index contributed by atoms with van der Waals surface area (Å²) in [6, 6.07) is 3.65. The van der Waals surface area contributed by atoms with Crippen molar-refractivity contribution in [2.75, 3.05) is 29.8 Å². The molecule has 0 amide bonds. The number of halogens is 2. The molecule has 16 heteroatoms. The number of aromatic nitrogens is 2. The quantitative estimate of drug-likeness (QED) is 0.274. The maximum Gasteiger partial charge on any atom is 0.345 e. The standard InChI is InChI=1S/C25H33ClFN4O8PS/c1-5-35-40(32,36-6-2)13-41(33,34)12-18-20-21(39-25(3,4)38-20)24(37-18)31-8-7-16-19(29-15-9-14(27)10-15)17(11-28)22(26)30-23(16)31/h7-8,14-15,18,20-21,24H,5-6,9-10,12-13H2,1-4H3,(H,29,30)/t14?,15?,18-,20-,21-,24-/m1/s1. The van der Waals surface area contributed by atoms with Crippen LogP contribution in [0, 0.1) is 11.3 Å². The maximum absolute atomic E-state index is 13.5. The Labute approximate surface area is 242 Å². The minimum absolute atomic E-state index is 0.0281. The largest absolute Gasteiger partial charge is 0.380 e. The minimum Gasteiger partial charge on any atom is -0.380 e. The number of nitriles is 1. The third-order valence-electron chi connectivity index (χ3n) is 7.18. The third-order valence-corrected chi connectivity index (χ3v) is 12.4. The van der Waals surface area contributed by atoms with Crippen LogP contribution in [0.4, 0.5) is 10.1 Å². The van der Waals surface area contributed by atoms with Gasteiger partial charge in [0.1, 0.15) is 41.8 Å². The number of fused-ring (bicyclic) bond motifs is 2. The number of sulfone groups is 1. The zero-order valence-electron chi connectivity index (χ0n) is 23.1. The molecule has 2 saturated heterocycles. The summed E-state index contributed by atoms with van der Waals surface area (Å²) in [6.07, 6.45) is -1.92. The highest BCUT2D eigenvalue weighted by Gasteiger charge is 2.57. The van der Waals surface area contributed by atoms with Crippen LogP contribution in [0.1, 0.15) is 52.3 Å². The fourth-order valence-corrected chi connectivity index (χ4v) is 10.3. The molecule has 0 radical (unpaired) electrons. The van der Waals surface area contributed by atoms with Crippen LogP contribution in [0.25, 0.3) is 11.0 Å². The number of nitrogens with one attached hydrogen (secondary N) is 1. The topological polar surface area (TPSA) is 151 Å². The highest BCUT2D eigenvalue weighted by molar-refractivity contribution is 7.97. The molecule has 1 N–H and O–H groups in total. The molecule has 4 heterocycles. The van der Waals surface area contributed by atoms with Gasteiger partial charge in [0.2, 0.25) is 0 Å². The lowest BCUT2D eigenvalue weighted by molar-refractivity contribution is -0.193. The van der Waals surface area contributed by atoms with E-state index in [1.54, 1.807) is 44.5 Å². The molecule has 2 aliphatic heterocycles. The van der Waals surface area contributed by atoms with E-state index in [4.69, 9.17) is 34.9 Å². The summed E-state index contributed by atoms with van der Waals surface area (Å²) in [6.45, 7) is 6.69. The van der Waals surface area contributed by atoms with Gasteiger partial charge in [-0.15, -0.1) is 0 Å². The third kappa shape index (κ3) is 6.15. The van der Waals surface area contributed by atoms with Gasteiger partial charge in [0.25, 0.3) is 0 Å². The highest BCUT2D eigenvalue weighted by Crippen LogP contribution is 2.50. The van der Waals surface area contributed by atoms with Gasteiger partial charge in [-0.1, -0.05) is 11.6 Å². The molecule has 3 fully saturated rings. The Hall–Kier alpha value is -1.82. The molecule has 2 aromatic rings. The average Bonchev–Trinajstić information content (AvgIpc) is 3.48. The average molecular weight is 635 g/mol. The summed E-state index contributed by atoms with van der Waals surface area (Å²) in [4.78, 5) is 4.44. The SMILES string of the molecule is CCOP(=O)(CS(=O)(=O)C[C@H]1O[C@@H](n2ccc3c(NC4CC(F)C4)c(C#N)c(Cl)nc32)[C@@H]2OC(C)(C)O[C@@H]21)OCC. The van der Waals surface area contributed by atoms with Gasteiger partial charge in [-0.25, -0.2) is 17.8 Å². The van der Waals surface area contributed by atoms with Crippen LogP contribution in [0.2, 0.25) is 5.15 Å². The van der Waals surface area contributed by atoms with E-state index in [0.29, 0.717) is 29.6 Å².